The predicted molar refractivity (Wildman–Crippen MR) is 79.0 cm³/mol. The number of rotatable bonds is 5. The Hall–Kier alpha value is -1.60. The second kappa shape index (κ2) is 6.23. The van der Waals surface area contributed by atoms with E-state index in [9.17, 15) is 10.1 Å². The number of nitro groups is 1. The highest BCUT2D eigenvalue weighted by Gasteiger charge is 2.21. The number of nitro benzene ring substituents is 1. The van der Waals surface area contributed by atoms with E-state index in [4.69, 9.17) is 16.0 Å². The van der Waals surface area contributed by atoms with Crippen molar-refractivity contribution < 1.29 is 9.34 Å². The maximum atomic E-state index is 11.1. The van der Waals surface area contributed by atoms with Gasteiger partial charge in [0.2, 0.25) is 0 Å². The van der Waals surface area contributed by atoms with Crippen molar-refractivity contribution in [2.24, 2.45) is 0 Å². The van der Waals surface area contributed by atoms with Gasteiger partial charge in [0.1, 0.15) is 17.0 Å². The fourth-order valence-corrected chi connectivity index (χ4v) is 2.19. The molecule has 8 heteroatoms. The summed E-state index contributed by atoms with van der Waals surface area (Å²) in [6.45, 7) is 2.25. The lowest BCUT2D eigenvalue weighted by atomic mass is 10.2. The van der Waals surface area contributed by atoms with Crippen LogP contribution in [0.25, 0.3) is 0 Å². The molecule has 6 nitrogen and oxygen atoms in total. The van der Waals surface area contributed by atoms with Crippen LogP contribution in [-0.2, 0) is 13.0 Å². The molecule has 0 atom stereocenters. The molecule has 0 aliphatic carbocycles. The molecule has 0 saturated carbocycles. The highest BCUT2D eigenvalue weighted by molar-refractivity contribution is 9.10. The van der Waals surface area contributed by atoms with E-state index < -0.39 is 4.92 Å². The first-order valence-corrected chi connectivity index (χ1v) is 6.99. The van der Waals surface area contributed by atoms with Crippen LogP contribution < -0.4 is 5.32 Å². The van der Waals surface area contributed by atoms with Crippen LogP contribution in [0.5, 0.6) is 0 Å². The maximum Gasteiger partial charge on any atom is 0.311 e. The number of hydrogen-bond donors (Lipinski definition) is 1. The average Bonchev–Trinajstić information content (AvgIpc) is 2.87. The molecule has 1 N–H and O–H groups in total. The molecular formula is C12H11BrClN3O3. The Morgan fingerprint density at radius 2 is 2.30 bits per heavy atom. The van der Waals surface area contributed by atoms with Crippen molar-refractivity contribution in [2.45, 2.75) is 19.9 Å². The molecule has 0 saturated heterocycles. The summed E-state index contributed by atoms with van der Waals surface area (Å²) in [5, 5.41) is 14.1. The lowest BCUT2D eigenvalue weighted by molar-refractivity contribution is -0.383. The van der Waals surface area contributed by atoms with Crippen molar-refractivity contribution in [3.05, 3.63) is 49.6 Å². The molecule has 2 rings (SSSR count). The lowest BCUT2D eigenvalue weighted by Gasteiger charge is -2.07. The van der Waals surface area contributed by atoms with E-state index in [-0.39, 0.29) is 10.7 Å². The van der Waals surface area contributed by atoms with Crippen LogP contribution in [0.15, 0.2) is 27.3 Å². The van der Waals surface area contributed by atoms with Crippen molar-refractivity contribution >= 4 is 38.9 Å². The molecule has 20 heavy (non-hydrogen) atoms. The van der Waals surface area contributed by atoms with Crippen molar-refractivity contribution in [1.29, 1.82) is 0 Å². The minimum atomic E-state index is -0.518. The number of benzene rings is 1. The molecule has 0 bridgehead atoms. The van der Waals surface area contributed by atoms with Crippen molar-refractivity contribution in [1.82, 2.24) is 4.98 Å². The minimum Gasteiger partial charge on any atom is -0.449 e. The Morgan fingerprint density at radius 1 is 1.55 bits per heavy atom. The zero-order chi connectivity index (χ0) is 14.7. The number of halogens is 2. The third-order valence-corrected chi connectivity index (χ3v) is 3.89. The summed E-state index contributed by atoms with van der Waals surface area (Å²) in [4.78, 5) is 14.8. The summed E-state index contributed by atoms with van der Waals surface area (Å²) in [5.41, 5.74) is 0.847. The monoisotopic (exact) mass is 359 g/mol. The standard InChI is InChI=1S/C12H11BrClN3O3/c1-2-10-16-7(6-20-10)5-15-9-4-3-8(13)11(14)12(9)17(18)19/h3-4,6,15H,2,5H2,1H3. The van der Waals surface area contributed by atoms with E-state index in [1.54, 1.807) is 12.1 Å². The van der Waals surface area contributed by atoms with Crippen LogP contribution in [0.2, 0.25) is 5.02 Å². The molecular weight excluding hydrogens is 350 g/mol. The molecule has 0 unspecified atom stereocenters. The van der Waals surface area contributed by atoms with Crippen LogP contribution in [-0.4, -0.2) is 9.91 Å². The molecule has 1 aromatic heterocycles. The quantitative estimate of drug-likeness (QED) is 0.639. The molecule has 2 aromatic rings. The molecule has 0 fully saturated rings. The average molecular weight is 361 g/mol. The molecule has 0 amide bonds. The van der Waals surface area contributed by atoms with Gasteiger partial charge in [-0.25, -0.2) is 4.98 Å². The predicted octanol–water partition coefficient (Wildman–Crippen LogP) is 4.17. The van der Waals surface area contributed by atoms with E-state index in [0.29, 0.717) is 34.7 Å². The van der Waals surface area contributed by atoms with Gasteiger partial charge in [-0.05, 0) is 28.1 Å². The number of anilines is 1. The van der Waals surface area contributed by atoms with Crippen molar-refractivity contribution in [2.75, 3.05) is 5.32 Å². The largest absolute Gasteiger partial charge is 0.449 e. The Balaban J connectivity index is 2.21. The zero-order valence-electron chi connectivity index (χ0n) is 10.5. The Labute approximate surface area is 128 Å². The third kappa shape index (κ3) is 3.10. The van der Waals surface area contributed by atoms with E-state index >= 15 is 0 Å². The number of nitrogens with zero attached hydrogens (tertiary/aromatic N) is 2. The van der Waals surface area contributed by atoms with Gasteiger partial charge in [0.15, 0.2) is 5.89 Å². The summed E-state index contributed by atoms with van der Waals surface area (Å²) >= 11 is 9.10. The first-order chi connectivity index (χ1) is 9.52. The lowest BCUT2D eigenvalue weighted by Crippen LogP contribution is -2.03. The summed E-state index contributed by atoms with van der Waals surface area (Å²) < 4.78 is 5.68. The van der Waals surface area contributed by atoms with Crippen molar-refractivity contribution in [3.8, 4) is 0 Å². The van der Waals surface area contributed by atoms with Gasteiger partial charge in [0.25, 0.3) is 0 Å². The van der Waals surface area contributed by atoms with Gasteiger partial charge >= 0.3 is 5.69 Å². The normalized spacial score (nSPS) is 10.6. The molecule has 1 heterocycles. The van der Waals surface area contributed by atoms with Crippen LogP contribution in [0.1, 0.15) is 18.5 Å². The highest BCUT2D eigenvalue weighted by atomic mass is 79.9. The summed E-state index contributed by atoms with van der Waals surface area (Å²) in [7, 11) is 0. The van der Waals surface area contributed by atoms with Gasteiger partial charge in [0.05, 0.1) is 17.2 Å². The van der Waals surface area contributed by atoms with Crippen LogP contribution >= 0.6 is 27.5 Å². The van der Waals surface area contributed by atoms with Crippen molar-refractivity contribution in [3.63, 3.8) is 0 Å². The SMILES string of the molecule is CCc1nc(CNc2ccc(Br)c(Cl)c2[N+](=O)[O-])co1. The van der Waals surface area contributed by atoms with Gasteiger partial charge in [-0.2, -0.15) is 0 Å². The van der Waals surface area contributed by atoms with Gasteiger partial charge in [-0.15, -0.1) is 0 Å². The fraction of sp³-hybridized carbons (Fsp3) is 0.250. The molecule has 0 aliphatic rings. The fourth-order valence-electron chi connectivity index (χ4n) is 1.64. The number of nitrogens with one attached hydrogen (secondary N) is 1. The van der Waals surface area contributed by atoms with E-state index in [1.807, 2.05) is 6.92 Å². The Kier molecular flexibility index (Phi) is 4.61. The number of aryl methyl sites for hydroxylation is 1. The minimum absolute atomic E-state index is 0.0643. The second-order valence-electron chi connectivity index (χ2n) is 3.95. The second-order valence-corrected chi connectivity index (χ2v) is 5.19. The van der Waals surface area contributed by atoms with Gasteiger partial charge < -0.3 is 9.73 Å². The highest BCUT2D eigenvalue weighted by Crippen LogP contribution is 2.38. The summed E-state index contributed by atoms with van der Waals surface area (Å²) in [5.74, 6) is 0.630. The van der Waals surface area contributed by atoms with Gasteiger partial charge in [-0.3, -0.25) is 10.1 Å². The summed E-state index contributed by atoms with van der Waals surface area (Å²) in [6, 6.07) is 3.24. The summed E-state index contributed by atoms with van der Waals surface area (Å²) in [6.07, 6.45) is 2.22. The maximum absolute atomic E-state index is 11.1. The van der Waals surface area contributed by atoms with E-state index in [0.717, 1.165) is 0 Å². The van der Waals surface area contributed by atoms with Gasteiger partial charge in [-0.1, -0.05) is 18.5 Å². The van der Waals surface area contributed by atoms with Gasteiger partial charge in [0, 0.05) is 10.9 Å². The molecule has 0 aliphatic heterocycles. The van der Waals surface area contributed by atoms with E-state index in [2.05, 4.69) is 26.2 Å². The number of aromatic nitrogens is 1. The molecule has 0 radical (unpaired) electrons. The molecule has 0 spiro atoms. The third-order valence-electron chi connectivity index (χ3n) is 2.61. The Morgan fingerprint density at radius 3 is 2.90 bits per heavy atom. The molecule has 106 valence electrons. The topological polar surface area (TPSA) is 81.2 Å². The van der Waals surface area contributed by atoms with E-state index in [1.165, 1.54) is 6.26 Å². The van der Waals surface area contributed by atoms with Crippen LogP contribution in [0.3, 0.4) is 0 Å². The van der Waals surface area contributed by atoms with Crippen LogP contribution in [0, 0.1) is 10.1 Å². The smallest absolute Gasteiger partial charge is 0.311 e. The Bertz CT molecular complexity index is 645. The number of oxazole rings is 1. The number of hydrogen-bond acceptors (Lipinski definition) is 5. The first kappa shape index (κ1) is 14.8. The zero-order valence-corrected chi connectivity index (χ0v) is 12.9. The molecule has 1 aromatic carbocycles. The first-order valence-electron chi connectivity index (χ1n) is 5.82. The van der Waals surface area contributed by atoms with Crippen LogP contribution in [0.4, 0.5) is 11.4 Å².